The third kappa shape index (κ3) is 3.10. The minimum Gasteiger partial charge on any atom is -0.313 e. The first-order valence-electron chi connectivity index (χ1n) is 6.05. The molecular formula is C12H16N2O4S. The van der Waals surface area contributed by atoms with Crippen LogP contribution in [-0.4, -0.2) is 31.9 Å². The molecule has 2 rings (SSSR count). The maximum Gasteiger partial charge on any atom is 0.269 e. The number of non-ortho nitro benzene ring substituents is 1. The molecule has 1 saturated heterocycles. The molecule has 0 aromatic heterocycles. The van der Waals surface area contributed by atoms with Crippen LogP contribution in [0.3, 0.4) is 0 Å². The minimum absolute atomic E-state index is 0.0265. The van der Waals surface area contributed by atoms with Gasteiger partial charge in [0.05, 0.1) is 16.4 Å². The van der Waals surface area contributed by atoms with Gasteiger partial charge >= 0.3 is 0 Å². The summed E-state index contributed by atoms with van der Waals surface area (Å²) in [7, 11) is -1.21. The smallest absolute Gasteiger partial charge is 0.269 e. The molecule has 1 aliphatic rings. The molecule has 6 nitrogen and oxygen atoms in total. The van der Waals surface area contributed by atoms with Gasteiger partial charge in [-0.25, -0.2) is 8.42 Å². The van der Waals surface area contributed by atoms with Crippen molar-refractivity contribution in [2.45, 2.75) is 12.5 Å². The summed E-state index contributed by atoms with van der Waals surface area (Å²) in [4.78, 5) is 10.3. The van der Waals surface area contributed by atoms with Crippen molar-refractivity contribution in [1.82, 2.24) is 5.32 Å². The Morgan fingerprint density at radius 3 is 2.74 bits per heavy atom. The Kier molecular flexibility index (Phi) is 3.86. The highest BCUT2D eigenvalue weighted by molar-refractivity contribution is 7.91. The molecule has 1 aromatic rings. The maximum absolute atomic E-state index is 11.5. The molecule has 0 bridgehead atoms. The topological polar surface area (TPSA) is 89.3 Å². The van der Waals surface area contributed by atoms with Crippen LogP contribution in [0.25, 0.3) is 0 Å². The van der Waals surface area contributed by atoms with E-state index in [1.807, 2.05) is 0 Å². The monoisotopic (exact) mass is 284 g/mol. The molecule has 1 heterocycles. The minimum atomic E-state index is -2.96. The van der Waals surface area contributed by atoms with Crippen LogP contribution in [0.2, 0.25) is 0 Å². The standard InChI is InChI=1S/C12H16N2O4S/c1-13-12(10-5-6-19(17,18)8-10)9-3-2-4-11(7-9)14(15)16/h2-4,7,10,12-13H,5-6,8H2,1H3. The van der Waals surface area contributed by atoms with E-state index in [1.165, 1.54) is 12.1 Å². The zero-order valence-corrected chi connectivity index (χ0v) is 11.4. The van der Waals surface area contributed by atoms with Crippen LogP contribution in [0.4, 0.5) is 5.69 Å². The van der Waals surface area contributed by atoms with E-state index in [0.29, 0.717) is 6.42 Å². The second-order valence-corrected chi connectivity index (χ2v) is 7.01. The second kappa shape index (κ2) is 5.26. The van der Waals surface area contributed by atoms with Crippen LogP contribution in [0.15, 0.2) is 24.3 Å². The molecule has 2 atom stereocenters. The van der Waals surface area contributed by atoms with E-state index in [9.17, 15) is 18.5 Å². The lowest BCUT2D eigenvalue weighted by Crippen LogP contribution is -2.26. The molecule has 0 amide bonds. The molecule has 0 saturated carbocycles. The summed E-state index contributed by atoms with van der Waals surface area (Å²) < 4.78 is 23.1. The average Bonchev–Trinajstić information content (AvgIpc) is 2.71. The van der Waals surface area contributed by atoms with E-state index >= 15 is 0 Å². The highest BCUT2D eigenvalue weighted by Gasteiger charge is 2.34. The summed E-state index contributed by atoms with van der Waals surface area (Å²) in [6, 6.07) is 6.19. The number of nitro benzene ring substituents is 1. The highest BCUT2D eigenvalue weighted by Crippen LogP contribution is 2.32. The summed E-state index contributed by atoms with van der Waals surface area (Å²) in [6.07, 6.45) is 0.594. The molecule has 0 spiro atoms. The number of hydrogen-bond acceptors (Lipinski definition) is 5. The molecule has 2 unspecified atom stereocenters. The van der Waals surface area contributed by atoms with Crippen molar-refractivity contribution in [3.05, 3.63) is 39.9 Å². The molecule has 1 aromatic carbocycles. The second-order valence-electron chi connectivity index (χ2n) is 4.78. The Hall–Kier alpha value is -1.47. The van der Waals surface area contributed by atoms with E-state index in [-0.39, 0.29) is 29.2 Å². The number of nitro groups is 1. The van der Waals surface area contributed by atoms with Gasteiger partial charge in [-0.3, -0.25) is 10.1 Å². The van der Waals surface area contributed by atoms with Crippen molar-refractivity contribution < 1.29 is 13.3 Å². The van der Waals surface area contributed by atoms with Crippen LogP contribution in [0.5, 0.6) is 0 Å². The normalized spacial score (nSPS) is 23.1. The maximum atomic E-state index is 11.5. The largest absolute Gasteiger partial charge is 0.313 e. The van der Waals surface area contributed by atoms with Crippen LogP contribution in [0, 0.1) is 16.0 Å². The average molecular weight is 284 g/mol. The fourth-order valence-corrected chi connectivity index (χ4v) is 4.43. The predicted molar refractivity (Wildman–Crippen MR) is 71.7 cm³/mol. The zero-order valence-electron chi connectivity index (χ0n) is 10.6. The Bertz CT molecular complexity index is 585. The van der Waals surface area contributed by atoms with Crippen molar-refractivity contribution in [2.24, 2.45) is 5.92 Å². The lowest BCUT2D eigenvalue weighted by atomic mass is 9.92. The molecule has 0 radical (unpaired) electrons. The number of sulfone groups is 1. The summed E-state index contributed by atoms with van der Waals surface area (Å²) in [5.74, 6) is 0.309. The van der Waals surface area contributed by atoms with Crippen molar-refractivity contribution in [3.8, 4) is 0 Å². The van der Waals surface area contributed by atoms with E-state index in [0.717, 1.165) is 5.56 Å². The fourth-order valence-electron chi connectivity index (χ4n) is 2.59. The van der Waals surface area contributed by atoms with Gasteiger partial charge in [0.25, 0.3) is 5.69 Å². The molecule has 1 N–H and O–H groups in total. The van der Waals surface area contributed by atoms with Crippen LogP contribution < -0.4 is 5.32 Å². The number of rotatable bonds is 4. The first-order chi connectivity index (χ1) is 8.93. The Balaban J connectivity index is 2.27. The zero-order chi connectivity index (χ0) is 14.0. The predicted octanol–water partition coefficient (Wildman–Crippen LogP) is 1.29. The quantitative estimate of drug-likeness (QED) is 0.664. The fraction of sp³-hybridized carbons (Fsp3) is 0.500. The van der Waals surface area contributed by atoms with Crippen molar-refractivity contribution in [3.63, 3.8) is 0 Å². The molecule has 7 heteroatoms. The van der Waals surface area contributed by atoms with Gasteiger partial charge in [-0.2, -0.15) is 0 Å². The van der Waals surface area contributed by atoms with E-state index in [1.54, 1.807) is 19.2 Å². The van der Waals surface area contributed by atoms with E-state index in [2.05, 4.69) is 5.32 Å². The summed E-state index contributed by atoms with van der Waals surface area (Å²) in [5.41, 5.74) is 0.789. The van der Waals surface area contributed by atoms with E-state index in [4.69, 9.17) is 0 Å². The molecule has 104 valence electrons. The summed E-state index contributed by atoms with van der Waals surface area (Å²) in [6.45, 7) is 0. The lowest BCUT2D eigenvalue weighted by molar-refractivity contribution is -0.384. The SMILES string of the molecule is CNC(c1cccc([N+](=O)[O-])c1)C1CCS(=O)(=O)C1. The van der Waals surface area contributed by atoms with Crippen LogP contribution in [-0.2, 0) is 9.84 Å². The van der Waals surface area contributed by atoms with Gasteiger partial charge < -0.3 is 5.32 Å². The molecule has 0 aliphatic carbocycles. The lowest BCUT2D eigenvalue weighted by Gasteiger charge is -2.22. The van der Waals surface area contributed by atoms with Gasteiger partial charge in [0.2, 0.25) is 0 Å². The highest BCUT2D eigenvalue weighted by atomic mass is 32.2. The van der Waals surface area contributed by atoms with Gasteiger partial charge in [0.15, 0.2) is 9.84 Å². The van der Waals surface area contributed by atoms with E-state index < -0.39 is 14.8 Å². The van der Waals surface area contributed by atoms with Gasteiger partial charge in [-0.1, -0.05) is 12.1 Å². The first kappa shape index (κ1) is 14.0. The molecule has 1 fully saturated rings. The third-order valence-electron chi connectivity index (χ3n) is 3.49. The third-order valence-corrected chi connectivity index (χ3v) is 5.28. The van der Waals surface area contributed by atoms with Crippen molar-refractivity contribution >= 4 is 15.5 Å². The molecule has 1 aliphatic heterocycles. The summed E-state index contributed by atoms with van der Waals surface area (Å²) in [5, 5.41) is 13.9. The van der Waals surface area contributed by atoms with Crippen molar-refractivity contribution in [1.29, 1.82) is 0 Å². The Morgan fingerprint density at radius 1 is 1.47 bits per heavy atom. The van der Waals surface area contributed by atoms with Crippen LogP contribution in [0.1, 0.15) is 18.0 Å². The summed E-state index contributed by atoms with van der Waals surface area (Å²) >= 11 is 0. The van der Waals surface area contributed by atoms with Gasteiger partial charge in [0, 0.05) is 18.2 Å². The number of nitrogens with one attached hydrogen (secondary N) is 1. The van der Waals surface area contributed by atoms with Gasteiger partial charge in [-0.05, 0) is 24.9 Å². The molecule has 19 heavy (non-hydrogen) atoms. The Labute approximate surface area is 111 Å². The van der Waals surface area contributed by atoms with Crippen molar-refractivity contribution in [2.75, 3.05) is 18.6 Å². The number of hydrogen-bond donors (Lipinski definition) is 1. The number of nitrogens with zero attached hydrogens (tertiary/aromatic N) is 1. The number of benzene rings is 1. The first-order valence-corrected chi connectivity index (χ1v) is 7.87. The van der Waals surface area contributed by atoms with Gasteiger partial charge in [-0.15, -0.1) is 0 Å². The molecular weight excluding hydrogens is 268 g/mol. The Morgan fingerprint density at radius 2 is 2.21 bits per heavy atom. The van der Waals surface area contributed by atoms with Gasteiger partial charge in [0.1, 0.15) is 0 Å². The van der Waals surface area contributed by atoms with Crippen LogP contribution >= 0.6 is 0 Å².